The van der Waals surface area contributed by atoms with Crippen LogP contribution in [0.2, 0.25) is 0 Å². The quantitative estimate of drug-likeness (QED) is 0.230. The first-order valence-corrected chi connectivity index (χ1v) is 5.27. The average molecular weight is 314 g/mol. The Morgan fingerprint density at radius 1 is 0.895 bits per heavy atom. The number of carboxylic acid groups (broad SMARTS) is 3. The molecule has 0 radical (unpaired) electrons. The summed E-state index contributed by atoms with van der Waals surface area (Å²) in [5.74, 6) is -5.02. The molecule has 108 valence electrons. The van der Waals surface area contributed by atoms with Crippen LogP contribution in [0.4, 0.5) is 0 Å². The molecule has 0 aromatic carbocycles. The van der Waals surface area contributed by atoms with Crippen molar-refractivity contribution in [2.45, 2.75) is 18.4 Å². The van der Waals surface area contributed by atoms with Gasteiger partial charge in [-0.1, -0.05) is 0 Å². The van der Waals surface area contributed by atoms with E-state index in [1.807, 2.05) is 0 Å². The van der Waals surface area contributed by atoms with E-state index in [2.05, 4.69) is 0 Å². The molecule has 19 heavy (non-hydrogen) atoms. The number of carbonyl (C=O) groups is 3. The summed E-state index contributed by atoms with van der Waals surface area (Å²) in [7, 11) is -4.67. The molecule has 0 saturated heterocycles. The fraction of sp³-hybridized carbons (Fsp3) is 0.500. The molecule has 0 aliphatic rings. The standard InChI is InChI=1S/C6H8O7.Na.H2O4S.H/c7-3(8)1-6(13,5(11)12)2-4(9)10;;1-5(2,3)4;/h13H,1-2H2,(H,7,8)(H,9,10)(H,11,12);;(H2,1,2,3,4);. The van der Waals surface area contributed by atoms with Gasteiger partial charge in [-0.05, 0) is 0 Å². The van der Waals surface area contributed by atoms with E-state index in [0.717, 1.165) is 0 Å². The minimum absolute atomic E-state index is 0. The van der Waals surface area contributed by atoms with Gasteiger partial charge in [0.25, 0.3) is 0 Å². The molecule has 11 nitrogen and oxygen atoms in total. The Kier molecular flexibility index (Phi) is 11.3. The topological polar surface area (TPSA) is 207 Å². The summed E-state index contributed by atoms with van der Waals surface area (Å²) in [6.07, 6.45) is -2.29. The van der Waals surface area contributed by atoms with Crippen molar-refractivity contribution >= 4 is 57.9 Å². The zero-order valence-electron chi connectivity index (χ0n) is 8.55. The van der Waals surface area contributed by atoms with Gasteiger partial charge in [-0.3, -0.25) is 18.7 Å². The predicted octanol–water partition coefficient (Wildman–Crippen LogP) is -2.55. The first-order valence-electron chi connectivity index (χ1n) is 3.87. The summed E-state index contributed by atoms with van der Waals surface area (Å²) in [6.45, 7) is 0. The first kappa shape index (κ1) is 23.3. The fourth-order valence-corrected chi connectivity index (χ4v) is 0.714. The van der Waals surface area contributed by atoms with Crippen molar-refractivity contribution in [2.24, 2.45) is 0 Å². The van der Waals surface area contributed by atoms with E-state index in [1.54, 1.807) is 0 Å². The Hall–Kier alpha value is -0.760. The summed E-state index contributed by atoms with van der Waals surface area (Å²) in [4.78, 5) is 30.5. The van der Waals surface area contributed by atoms with Gasteiger partial charge in [0.1, 0.15) is 0 Å². The second-order valence-corrected chi connectivity index (χ2v) is 3.82. The van der Waals surface area contributed by atoms with Gasteiger partial charge in [-0.15, -0.1) is 0 Å². The summed E-state index contributed by atoms with van der Waals surface area (Å²) in [5.41, 5.74) is -2.74. The number of hydrogen-bond acceptors (Lipinski definition) is 6. The van der Waals surface area contributed by atoms with E-state index >= 15 is 0 Å². The summed E-state index contributed by atoms with van der Waals surface area (Å²) < 4.78 is 31.6. The van der Waals surface area contributed by atoms with Crippen molar-refractivity contribution in [1.29, 1.82) is 0 Å². The van der Waals surface area contributed by atoms with Gasteiger partial charge in [0.15, 0.2) is 5.60 Å². The molecular formula is C6H11NaO11S. The zero-order valence-corrected chi connectivity index (χ0v) is 9.36. The number of aliphatic carboxylic acids is 3. The molecule has 0 fully saturated rings. The maximum absolute atomic E-state index is 10.3. The first-order chi connectivity index (χ1) is 7.78. The van der Waals surface area contributed by atoms with Crippen molar-refractivity contribution in [3.05, 3.63) is 0 Å². The summed E-state index contributed by atoms with van der Waals surface area (Å²) >= 11 is 0. The number of rotatable bonds is 5. The van der Waals surface area contributed by atoms with Crippen molar-refractivity contribution in [2.75, 3.05) is 0 Å². The Morgan fingerprint density at radius 3 is 1.21 bits per heavy atom. The third-order valence-electron chi connectivity index (χ3n) is 1.29. The van der Waals surface area contributed by atoms with Crippen molar-refractivity contribution in [3.63, 3.8) is 0 Å². The Bertz CT molecular complexity index is 402. The monoisotopic (exact) mass is 314 g/mol. The maximum atomic E-state index is 10.3. The molecule has 0 aromatic rings. The van der Waals surface area contributed by atoms with Crippen molar-refractivity contribution < 1.29 is 52.3 Å². The van der Waals surface area contributed by atoms with Gasteiger partial charge >= 0.3 is 57.9 Å². The molecule has 0 aliphatic carbocycles. The zero-order chi connectivity index (χ0) is 15.1. The van der Waals surface area contributed by atoms with Gasteiger partial charge in [0.05, 0.1) is 12.8 Å². The molecule has 0 saturated carbocycles. The molecule has 0 unspecified atom stereocenters. The second-order valence-electron chi connectivity index (χ2n) is 2.93. The van der Waals surface area contributed by atoms with Crippen LogP contribution in [-0.2, 0) is 24.8 Å². The summed E-state index contributed by atoms with van der Waals surface area (Å²) in [6, 6.07) is 0. The van der Waals surface area contributed by atoms with Crippen LogP contribution < -0.4 is 0 Å². The van der Waals surface area contributed by atoms with Gasteiger partial charge in [0, 0.05) is 0 Å². The van der Waals surface area contributed by atoms with Crippen molar-refractivity contribution in [3.8, 4) is 0 Å². The summed E-state index contributed by atoms with van der Waals surface area (Å²) in [5, 5.41) is 33.8. The SMILES string of the molecule is O=C(O)CC(O)(CC(=O)O)C(=O)O.O=S(=O)(O)O.[NaH]. The van der Waals surface area contributed by atoms with Crippen LogP contribution in [0.1, 0.15) is 12.8 Å². The normalized spacial score (nSPS) is 10.5. The van der Waals surface area contributed by atoms with E-state index in [4.69, 9.17) is 37.9 Å². The average Bonchev–Trinajstić information content (AvgIpc) is 1.95. The van der Waals surface area contributed by atoms with Gasteiger partial charge in [-0.2, -0.15) is 8.42 Å². The minimum atomic E-state index is -4.67. The van der Waals surface area contributed by atoms with Crippen LogP contribution in [0.15, 0.2) is 0 Å². The molecule has 0 bridgehead atoms. The van der Waals surface area contributed by atoms with Crippen LogP contribution in [0, 0.1) is 0 Å². The van der Waals surface area contributed by atoms with E-state index in [-0.39, 0.29) is 29.6 Å². The third kappa shape index (κ3) is 17.2. The van der Waals surface area contributed by atoms with Crippen LogP contribution in [-0.4, -0.2) is 91.0 Å². The van der Waals surface area contributed by atoms with Gasteiger partial charge in [0.2, 0.25) is 0 Å². The van der Waals surface area contributed by atoms with Crippen LogP contribution in [0.3, 0.4) is 0 Å². The van der Waals surface area contributed by atoms with Gasteiger partial charge < -0.3 is 20.4 Å². The Balaban J connectivity index is -0.000000366. The molecule has 0 amide bonds. The fourth-order valence-electron chi connectivity index (χ4n) is 0.714. The molecule has 13 heteroatoms. The number of hydrogen-bond donors (Lipinski definition) is 6. The van der Waals surface area contributed by atoms with E-state index in [0.29, 0.717) is 0 Å². The number of aliphatic hydroxyl groups is 1. The molecule has 0 rings (SSSR count). The molecule has 0 atom stereocenters. The van der Waals surface area contributed by atoms with E-state index in [9.17, 15) is 14.4 Å². The van der Waals surface area contributed by atoms with Crippen LogP contribution in [0.25, 0.3) is 0 Å². The van der Waals surface area contributed by atoms with Crippen LogP contribution >= 0.6 is 0 Å². The molecule has 6 N–H and O–H groups in total. The third-order valence-corrected chi connectivity index (χ3v) is 1.29. The molecular weight excluding hydrogens is 303 g/mol. The Labute approximate surface area is 128 Å². The van der Waals surface area contributed by atoms with E-state index < -0.39 is 46.7 Å². The number of carboxylic acids is 3. The predicted molar refractivity (Wildman–Crippen MR) is 58.4 cm³/mol. The second kappa shape index (κ2) is 9.19. The molecule has 0 heterocycles. The van der Waals surface area contributed by atoms with Crippen molar-refractivity contribution in [1.82, 2.24) is 0 Å². The molecule has 0 aliphatic heterocycles. The molecule has 0 aromatic heterocycles. The molecule has 0 spiro atoms. The van der Waals surface area contributed by atoms with E-state index in [1.165, 1.54) is 0 Å². The van der Waals surface area contributed by atoms with Crippen LogP contribution in [0.5, 0.6) is 0 Å². The Morgan fingerprint density at radius 2 is 1.11 bits per heavy atom. The van der Waals surface area contributed by atoms with Gasteiger partial charge in [-0.25, -0.2) is 4.79 Å².